The topological polar surface area (TPSA) is 21.3 Å². The lowest BCUT2D eigenvalue weighted by Crippen LogP contribution is -2.09. The molecular formula is C58H38N2O. The third-order valence-corrected chi connectivity index (χ3v) is 12.2. The molecule has 2 aromatic heterocycles. The summed E-state index contributed by atoms with van der Waals surface area (Å²) in [6, 6.07) is 82.9. The Hall–Kier alpha value is -8.14. The highest BCUT2D eigenvalue weighted by molar-refractivity contribution is 6.12. The monoisotopic (exact) mass is 778 g/mol. The molecule has 12 aromatic rings. The van der Waals surface area contributed by atoms with Crippen molar-refractivity contribution in [2.24, 2.45) is 0 Å². The Bertz CT molecular complexity index is 3560. The third kappa shape index (κ3) is 5.90. The quantitative estimate of drug-likeness (QED) is 0.161. The fourth-order valence-corrected chi connectivity index (χ4v) is 9.32. The number of fused-ring (bicyclic) bond motifs is 7. The molecule has 0 amide bonds. The maximum absolute atomic E-state index is 6.23. The van der Waals surface area contributed by atoms with Gasteiger partial charge in [0.25, 0.3) is 0 Å². The van der Waals surface area contributed by atoms with E-state index in [4.69, 9.17) is 4.42 Å². The van der Waals surface area contributed by atoms with Gasteiger partial charge in [-0.2, -0.15) is 0 Å². The standard InChI is InChI=1S/C58H38N2O/c1-3-13-39(14-4-1)40-23-28-44(29-24-40)59(46-32-36-58-54(38-46)52-20-10-12-22-57(52)61-58)45-30-25-41(26-31-45)47-33-34-48(50-18-8-7-17-49(47)50)42-27-35-56-53(37-42)51-19-9-11-21-55(51)60(56)43-15-5-2-6-16-43/h1-38H. The van der Waals surface area contributed by atoms with Gasteiger partial charge >= 0.3 is 0 Å². The van der Waals surface area contributed by atoms with E-state index in [-0.39, 0.29) is 0 Å². The molecule has 0 spiro atoms. The predicted octanol–water partition coefficient (Wildman–Crippen LogP) is 16.3. The molecule has 286 valence electrons. The summed E-state index contributed by atoms with van der Waals surface area (Å²) in [6.07, 6.45) is 0. The summed E-state index contributed by atoms with van der Waals surface area (Å²) in [6.45, 7) is 0. The fraction of sp³-hybridized carbons (Fsp3) is 0. The van der Waals surface area contributed by atoms with Crippen molar-refractivity contribution in [3.63, 3.8) is 0 Å². The number of rotatable bonds is 7. The van der Waals surface area contributed by atoms with Crippen molar-refractivity contribution in [3.8, 4) is 39.1 Å². The first-order chi connectivity index (χ1) is 30.2. The van der Waals surface area contributed by atoms with Crippen LogP contribution < -0.4 is 4.90 Å². The van der Waals surface area contributed by atoms with Gasteiger partial charge in [0.05, 0.1) is 11.0 Å². The molecule has 0 saturated heterocycles. The Balaban J connectivity index is 0.947. The van der Waals surface area contributed by atoms with E-state index in [1.165, 1.54) is 71.6 Å². The highest BCUT2D eigenvalue weighted by atomic mass is 16.3. The molecule has 2 heterocycles. The van der Waals surface area contributed by atoms with Crippen molar-refractivity contribution in [2.45, 2.75) is 0 Å². The van der Waals surface area contributed by atoms with Gasteiger partial charge in [-0.3, -0.25) is 0 Å². The first kappa shape index (κ1) is 34.9. The van der Waals surface area contributed by atoms with Crippen LogP contribution in [0, 0.1) is 0 Å². The fourth-order valence-electron chi connectivity index (χ4n) is 9.32. The van der Waals surface area contributed by atoms with Crippen LogP contribution in [0.25, 0.3) is 93.6 Å². The maximum Gasteiger partial charge on any atom is 0.135 e. The second-order valence-corrected chi connectivity index (χ2v) is 15.7. The van der Waals surface area contributed by atoms with Gasteiger partial charge in [-0.1, -0.05) is 152 Å². The van der Waals surface area contributed by atoms with E-state index in [1.54, 1.807) is 0 Å². The van der Waals surface area contributed by atoms with Gasteiger partial charge in [0, 0.05) is 44.3 Å². The zero-order valence-corrected chi connectivity index (χ0v) is 33.2. The van der Waals surface area contributed by atoms with Crippen LogP contribution in [0.1, 0.15) is 0 Å². The Labute approximate surface area is 353 Å². The molecule has 12 rings (SSSR count). The molecule has 61 heavy (non-hydrogen) atoms. The maximum atomic E-state index is 6.23. The average Bonchev–Trinajstić information content (AvgIpc) is 3.87. The summed E-state index contributed by atoms with van der Waals surface area (Å²) < 4.78 is 8.61. The van der Waals surface area contributed by atoms with Gasteiger partial charge in [-0.15, -0.1) is 0 Å². The van der Waals surface area contributed by atoms with Crippen LogP contribution in [0.5, 0.6) is 0 Å². The van der Waals surface area contributed by atoms with Gasteiger partial charge in [-0.25, -0.2) is 0 Å². The number of nitrogens with zero attached hydrogens (tertiary/aromatic N) is 2. The number of aromatic nitrogens is 1. The molecule has 0 saturated carbocycles. The highest BCUT2D eigenvalue weighted by Crippen LogP contribution is 2.42. The molecule has 0 aliphatic carbocycles. The smallest absolute Gasteiger partial charge is 0.135 e. The van der Waals surface area contributed by atoms with Crippen LogP contribution in [-0.4, -0.2) is 4.57 Å². The van der Waals surface area contributed by atoms with Gasteiger partial charge in [-0.05, 0) is 123 Å². The third-order valence-electron chi connectivity index (χ3n) is 12.2. The molecule has 0 atom stereocenters. The molecule has 0 radical (unpaired) electrons. The van der Waals surface area contributed by atoms with Gasteiger partial charge in [0.15, 0.2) is 0 Å². The van der Waals surface area contributed by atoms with Gasteiger partial charge in [0.1, 0.15) is 11.2 Å². The van der Waals surface area contributed by atoms with Crippen molar-refractivity contribution in [2.75, 3.05) is 4.90 Å². The number of para-hydroxylation sites is 3. The lowest BCUT2D eigenvalue weighted by Gasteiger charge is -2.26. The van der Waals surface area contributed by atoms with E-state index in [9.17, 15) is 0 Å². The summed E-state index contributed by atoms with van der Waals surface area (Å²) in [7, 11) is 0. The van der Waals surface area contributed by atoms with Crippen molar-refractivity contribution < 1.29 is 4.42 Å². The number of hydrogen-bond acceptors (Lipinski definition) is 2. The minimum Gasteiger partial charge on any atom is -0.456 e. The van der Waals surface area contributed by atoms with Crippen molar-refractivity contribution in [3.05, 3.63) is 231 Å². The molecular weight excluding hydrogens is 741 g/mol. The number of furan rings is 1. The Morgan fingerprint density at radius 3 is 1.52 bits per heavy atom. The van der Waals surface area contributed by atoms with Crippen LogP contribution >= 0.6 is 0 Å². The molecule has 0 aliphatic heterocycles. The molecule has 0 unspecified atom stereocenters. The zero-order valence-electron chi connectivity index (χ0n) is 33.2. The Kier molecular flexibility index (Phi) is 8.17. The summed E-state index contributed by atoms with van der Waals surface area (Å²) in [4.78, 5) is 2.34. The summed E-state index contributed by atoms with van der Waals surface area (Å²) in [5, 5.41) is 7.18. The highest BCUT2D eigenvalue weighted by Gasteiger charge is 2.18. The molecule has 0 fully saturated rings. The molecule has 3 heteroatoms. The van der Waals surface area contributed by atoms with Crippen LogP contribution in [-0.2, 0) is 0 Å². The lowest BCUT2D eigenvalue weighted by atomic mass is 9.91. The van der Waals surface area contributed by atoms with Gasteiger partial charge in [0.2, 0.25) is 0 Å². The van der Waals surface area contributed by atoms with E-state index >= 15 is 0 Å². The van der Waals surface area contributed by atoms with E-state index in [1.807, 2.05) is 12.1 Å². The van der Waals surface area contributed by atoms with Crippen molar-refractivity contribution >= 4 is 71.6 Å². The summed E-state index contributed by atoms with van der Waals surface area (Å²) in [5.41, 5.74) is 15.8. The molecule has 0 aliphatic rings. The van der Waals surface area contributed by atoms with E-state index in [0.29, 0.717) is 0 Å². The SMILES string of the molecule is c1ccc(-c2ccc(N(c3ccc(-c4ccc(-c5ccc6c(c5)c5ccccc5n6-c5ccccc5)c5ccccc45)cc3)c3ccc4oc5ccccc5c4c3)cc2)cc1. The largest absolute Gasteiger partial charge is 0.456 e. The molecule has 0 bridgehead atoms. The normalized spacial score (nSPS) is 11.6. The lowest BCUT2D eigenvalue weighted by molar-refractivity contribution is 0.669. The molecule has 10 aromatic carbocycles. The van der Waals surface area contributed by atoms with Crippen LogP contribution in [0.2, 0.25) is 0 Å². The molecule has 0 N–H and O–H groups in total. The summed E-state index contributed by atoms with van der Waals surface area (Å²) in [5.74, 6) is 0. The second kappa shape index (κ2) is 14.3. The average molecular weight is 779 g/mol. The van der Waals surface area contributed by atoms with E-state index in [2.05, 4.69) is 228 Å². The van der Waals surface area contributed by atoms with E-state index < -0.39 is 0 Å². The number of benzene rings is 10. The van der Waals surface area contributed by atoms with Crippen molar-refractivity contribution in [1.29, 1.82) is 0 Å². The first-order valence-corrected chi connectivity index (χ1v) is 20.8. The predicted molar refractivity (Wildman–Crippen MR) is 257 cm³/mol. The van der Waals surface area contributed by atoms with Crippen LogP contribution in [0.3, 0.4) is 0 Å². The molecule has 3 nitrogen and oxygen atoms in total. The van der Waals surface area contributed by atoms with E-state index in [0.717, 1.165) is 39.0 Å². The number of hydrogen-bond donors (Lipinski definition) is 0. The van der Waals surface area contributed by atoms with Crippen molar-refractivity contribution in [1.82, 2.24) is 4.57 Å². The van der Waals surface area contributed by atoms with Gasteiger partial charge < -0.3 is 13.9 Å². The Morgan fingerprint density at radius 1 is 0.295 bits per heavy atom. The zero-order chi connectivity index (χ0) is 40.3. The van der Waals surface area contributed by atoms with Crippen LogP contribution in [0.15, 0.2) is 235 Å². The second-order valence-electron chi connectivity index (χ2n) is 15.7. The first-order valence-electron chi connectivity index (χ1n) is 20.8. The summed E-state index contributed by atoms with van der Waals surface area (Å²) >= 11 is 0. The number of anilines is 3. The van der Waals surface area contributed by atoms with Crippen LogP contribution in [0.4, 0.5) is 17.1 Å². The Morgan fingerprint density at radius 2 is 0.803 bits per heavy atom. The minimum absolute atomic E-state index is 0.883. The minimum atomic E-state index is 0.883.